The van der Waals surface area contributed by atoms with Crippen molar-refractivity contribution in [1.82, 2.24) is 0 Å². The first-order chi connectivity index (χ1) is 8.69. The molecule has 2 aromatic carbocycles. The van der Waals surface area contributed by atoms with E-state index in [1.165, 1.54) is 12.1 Å². The lowest BCUT2D eigenvalue weighted by Crippen LogP contribution is -1.89. The fraction of sp³-hybridized carbons (Fsp3) is 0.0714. The van der Waals surface area contributed by atoms with Gasteiger partial charge in [0.15, 0.2) is 0 Å². The molecule has 0 aliphatic rings. The maximum Gasteiger partial charge on any atom is 0.124 e. The zero-order chi connectivity index (χ0) is 13.0. The van der Waals surface area contributed by atoms with Crippen LogP contribution in [-0.4, -0.2) is 0 Å². The van der Waals surface area contributed by atoms with Crippen LogP contribution in [0.3, 0.4) is 0 Å². The number of benzene rings is 2. The van der Waals surface area contributed by atoms with E-state index in [4.69, 9.17) is 11.0 Å². The number of nitrogen functional groups attached to an aromatic ring is 1. The molecule has 90 valence electrons. The molecular formula is C14H11FN2S. The Kier molecular flexibility index (Phi) is 3.85. The summed E-state index contributed by atoms with van der Waals surface area (Å²) in [4.78, 5) is 1.03. The van der Waals surface area contributed by atoms with Crippen LogP contribution in [0, 0.1) is 17.1 Å². The molecule has 18 heavy (non-hydrogen) atoms. The van der Waals surface area contributed by atoms with Gasteiger partial charge in [0.25, 0.3) is 0 Å². The van der Waals surface area contributed by atoms with E-state index in [-0.39, 0.29) is 5.82 Å². The van der Waals surface area contributed by atoms with Gasteiger partial charge in [-0.25, -0.2) is 4.39 Å². The first kappa shape index (κ1) is 12.5. The van der Waals surface area contributed by atoms with Crippen LogP contribution >= 0.6 is 11.8 Å². The van der Waals surface area contributed by atoms with Gasteiger partial charge in [-0.15, -0.1) is 11.8 Å². The van der Waals surface area contributed by atoms with Crippen molar-refractivity contribution in [3.8, 4) is 6.07 Å². The predicted molar refractivity (Wildman–Crippen MR) is 71.5 cm³/mol. The van der Waals surface area contributed by atoms with Gasteiger partial charge < -0.3 is 5.73 Å². The molecule has 4 heteroatoms. The van der Waals surface area contributed by atoms with E-state index >= 15 is 0 Å². The van der Waals surface area contributed by atoms with E-state index in [0.29, 0.717) is 17.0 Å². The number of halogens is 1. The van der Waals surface area contributed by atoms with Gasteiger partial charge in [0.1, 0.15) is 5.82 Å². The van der Waals surface area contributed by atoms with Gasteiger partial charge in [-0.05, 0) is 35.9 Å². The zero-order valence-corrected chi connectivity index (χ0v) is 10.4. The second-order valence-corrected chi connectivity index (χ2v) is 4.82. The van der Waals surface area contributed by atoms with Gasteiger partial charge in [0, 0.05) is 16.3 Å². The van der Waals surface area contributed by atoms with Crippen LogP contribution in [0.15, 0.2) is 47.4 Å². The predicted octanol–water partition coefficient (Wildman–Crippen LogP) is 3.57. The Balaban J connectivity index is 2.14. The molecule has 0 saturated carbocycles. The summed E-state index contributed by atoms with van der Waals surface area (Å²) in [5, 5.41) is 8.94. The van der Waals surface area contributed by atoms with Crippen molar-refractivity contribution in [3.63, 3.8) is 0 Å². The molecule has 0 aliphatic heterocycles. The van der Waals surface area contributed by atoms with Crippen LogP contribution in [0.5, 0.6) is 0 Å². The van der Waals surface area contributed by atoms with Crippen LogP contribution in [0.2, 0.25) is 0 Å². The van der Waals surface area contributed by atoms with E-state index in [2.05, 4.69) is 0 Å². The van der Waals surface area contributed by atoms with Crippen LogP contribution < -0.4 is 5.73 Å². The van der Waals surface area contributed by atoms with Gasteiger partial charge in [-0.2, -0.15) is 5.26 Å². The molecule has 0 saturated heterocycles. The van der Waals surface area contributed by atoms with Gasteiger partial charge in [0.05, 0.1) is 11.6 Å². The Morgan fingerprint density at radius 3 is 2.78 bits per heavy atom. The van der Waals surface area contributed by atoms with E-state index < -0.39 is 0 Å². The van der Waals surface area contributed by atoms with E-state index in [0.717, 1.165) is 10.5 Å². The summed E-state index contributed by atoms with van der Waals surface area (Å²) in [6.45, 7) is 0. The molecule has 0 bridgehead atoms. The fourth-order valence-corrected chi connectivity index (χ4v) is 2.51. The highest BCUT2D eigenvalue weighted by Crippen LogP contribution is 2.25. The molecule has 0 fully saturated rings. The SMILES string of the molecule is N#Cc1cc(F)ccc1CSc1cccc(N)c1. The van der Waals surface area contributed by atoms with Crippen LogP contribution in [0.1, 0.15) is 11.1 Å². The molecule has 0 heterocycles. The zero-order valence-electron chi connectivity index (χ0n) is 9.56. The second-order valence-electron chi connectivity index (χ2n) is 3.77. The van der Waals surface area contributed by atoms with E-state index in [9.17, 15) is 4.39 Å². The molecule has 0 spiro atoms. The number of rotatable bonds is 3. The van der Waals surface area contributed by atoms with Gasteiger partial charge in [-0.1, -0.05) is 12.1 Å². The molecule has 2 rings (SSSR count). The number of nitriles is 1. The quantitative estimate of drug-likeness (QED) is 0.676. The Hall–Kier alpha value is -1.99. The van der Waals surface area contributed by atoms with Crippen molar-refractivity contribution in [2.75, 3.05) is 5.73 Å². The first-order valence-electron chi connectivity index (χ1n) is 5.36. The number of nitrogens with zero attached hydrogens (tertiary/aromatic N) is 1. The lowest BCUT2D eigenvalue weighted by Gasteiger charge is -2.05. The number of anilines is 1. The number of thioether (sulfide) groups is 1. The molecule has 0 amide bonds. The Bertz CT molecular complexity index is 605. The van der Waals surface area contributed by atoms with Crippen LogP contribution in [0.4, 0.5) is 10.1 Å². The minimum atomic E-state index is -0.385. The molecule has 0 aliphatic carbocycles. The summed E-state index contributed by atoms with van der Waals surface area (Å²) < 4.78 is 13.0. The minimum Gasteiger partial charge on any atom is -0.399 e. The average molecular weight is 258 g/mol. The molecule has 2 aromatic rings. The van der Waals surface area contributed by atoms with Crippen molar-refractivity contribution in [2.24, 2.45) is 0 Å². The average Bonchev–Trinajstić information content (AvgIpc) is 2.37. The van der Waals surface area contributed by atoms with E-state index in [1.54, 1.807) is 17.8 Å². The largest absolute Gasteiger partial charge is 0.399 e. The number of nitrogens with two attached hydrogens (primary N) is 1. The third kappa shape index (κ3) is 3.02. The van der Waals surface area contributed by atoms with Crippen LogP contribution in [0.25, 0.3) is 0 Å². The van der Waals surface area contributed by atoms with Crippen LogP contribution in [-0.2, 0) is 5.75 Å². The first-order valence-corrected chi connectivity index (χ1v) is 6.34. The highest BCUT2D eigenvalue weighted by Gasteiger charge is 2.04. The lowest BCUT2D eigenvalue weighted by atomic mass is 10.1. The fourth-order valence-electron chi connectivity index (χ4n) is 1.54. The summed E-state index contributed by atoms with van der Waals surface area (Å²) in [6, 6.07) is 13.8. The third-order valence-corrected chi connectivity index (χ3v) is 3.49. The number of hydrogen-bond donors (Lipinski definition) is 1. The normalized spacial score (nSPS) is 10.0. The van der Waals surface area contributed by atoms with Crippen molar-refractivity contribution < 1.29 is 4.39 Å². The van der Waals surface area contributed by atoms with Crippen molar-refractivity contribution >= 4 is 17.4 Å². The summed E-state index contributed by atoms with van der Waals surface area (Å²) >= 11 is 1.57. The highest BCUT2D eigenvalue weighted by atomic mass is 32.2. The second kappa shape index (κ2) is 5.56. The van der Waals surface area contributed by atoms with Gasteiger partial charge in [-0.3, -0.25) is 0 Å². The monoisotopic (exact) mass is 258 g/mol. The Morgan fingerprint density at radius 1 is 1.22 bits per heavy atom. The van der Waals surface area contributed by atoms with Crippen molar-refractivity contribution in [3.05, 3.63) is 59.4 Å². The van der Waals surface area contributed by atoms with Crippen molar-refractivity contribution in [1.29, 1.82) is 5.26 Å². The smallest absolute Gasteiger partial charge is 0.124 e. The molecular weight excluding hydrogens is 247 g/mol. The number of hydrogen-bond acceptors (Lipinski definition) is 3. The third-order valence-electron chi connectivity index (χ3n) is 2.44. The maximum atomic E-state index is 13.0. The van der Waals surface area contributed by atoms with Gasteiger partial charge in [0.2, 0.25) is 0 Å². The summed E-state index contributed by atoms with van der Waals surface area (Å²) in [6.07, 6.45) is 0. The van der Waals surface area contributed by atoms with E-state index in [1.807, 2.05) is 30.3 Å². The molecule has 0 aromatic heterocycles. The molecule has 2 N–H and O–H groups in total. The highest BCUT2D eigenvalue weighted by molar-refractivity contribution is 7.98. The maximum absolute atomic E-state index is 13.0. The topological polar surface area (TPSA) is 49.8 Å². The molecule has 0 radical (unpaired) electrons. The summed E-state index contributed by atoms with van der Waals surface area (Å²) in [7, 11) is 0. The molecule has 2 nitrogen and oxygen atoms in total. The van der Waals surface area contributed by atoms with Gasteiger partial charge >= 0.3 is 0 Å². The van der Waals surface area contributed by atoms with Crippen molar-refractivity contribution in [2.45, 2.75) is 10.6 Å². The lowest BCUT2D eigenvalue weighted by molar-refractivity contribution is 0.627. The minimum absolute atomic E-state index is 0.381. The Morgan fingerprint density at radius 2 is 2.06 bits per heavy atom. The standard InChI is InChI=1S/C14H11FN2S/c15-12-5-4-10(11(6-12)8-16)9-18-14-3-1-2-13(17)7-14/h1-7H,9,17H2. The summed E-state index contributed by atoms with van der Waals surface area (Å²) in [5.41, 5.74) is 7.60. The Labute approximate surface area is 109 Å². The molecule has 0 atom stereocenters. The molecule has 0 unspecified atom stereocenters. The summed E-state index contributed by atoms with van der Waals surface area (Å²) in [5.74, 6) is 0.233.